The molecule has 0 saturated carbocycles. The molecular formula is C43H39ClN4O6. The van der Waals surface area contributed by atoms with E-state index in [-0.39, 0.29) is 13.0 Å². The van der Waals surface area contributed by atoms with E-state index in [4.69, 9.17) is 35.5 Å². The number of halogens is 1. The Kier molecular flexibility index (Phi) is 10.4. The summed E-state index contributed by atoms with van der Waals surface area (Å²) >= 11 is 6.60. The molecule has 54 heavy (non-hydrogen) atoms. The zero-order valence-electron chi connectivity index (χ0n) is 30.4. The minimum absolute atomic E-state index is 0.109. The molecule has 2 aliphatic rings. The Labute approximate surface area is 318 Å². The lowest BCUT2D eigenvalue weighted by molar-refractivity contribution is 0.0412. The van der Waals surface area contributed by atoms with Crippen molar-refractivity contribution in [3.63, 3.8) is 0 Å². The van der Waals surface area contributed by atoms with Gasteiger partial charge >= 0.3 is 12.2 Å². The average Bonchev–Trinajstić information content (AvgIpc) is 3.74. The lowest BCUT2D eigenvalue weighted by Crippen LogP contribution is -2.33. The Hall–Kier alpha value is -6.13. The van der Waals surface area contributed by atoms with Crippen LogP contribution >= 0.6 is 11.6 Å². The van der Waals surface area contributed by atoms with Crippen molar-refractivity contribution < 1.29 is 28.5 Å². The minimum Gasteiger partial charge on any atom is -0.494 e. The van der Waals surface area contributed by atoms with Crippen LogP contribution in [0.15, 0.2) is 116 Å². The molecule has 0 fully saturated rings. The third-order valence-electron chi connectivity index (χ3n) is 8.90. The Balaban J connectivity index is 1.24. The summed E-state index contributed by atoms with van der Waals surface area (Å²) in [6, 6.07) is 31.8. The molecule has 0 N–H and O–H groups in total. The first-order valence-electron chi connectivity index (χ1n) is 17.7. The molecule has 274 valence electrons. The highest BCUT2D eigenvalue weighted by Crippen LogP contribution is 2.39. The fourth-order valence-corrected chi connectivity index (χ4v) is 6.67. The normalized spacial score (nSPS) is 11.5. The second-order valence-corrected chi connectivity index (χ2v) is 13.6. The zero-order valence-corrected chi connectivity index (χ0v) is 31.2. The van der Waals surface area contributed by atoms with Gasteiger partial charge in [0, 0.05) is 35.3 Å². The predicted molar refractivity (Wildman–Crippen MR) is 208 cm³/mol. The van der Waals surface area contributed by atoms with Crippen LogP contribution < -0.4 is 9.47 Å². The molecule has 0 bridgehead atoms. The number of carbonyl (C=O) groups excluding carboxylic acids is 2. The van der Waals surface area contributed by atoms with Gasteiger partial charge in [0.1, 0.15) is 29.5 Å². The van der Waals surface area contributed by atoms with Crippen LogP contribution in [0.5, 0.6) is 11.5 Å². The highest BCUT2D eigenvalue weighted by molar-refractivity contribution is 6.35. The summed E-state index contributed by atoms with van der Waals surface area (Å²) in [5.74, 6) is 1.86. The Morgan fingerprint density at radius 3 is 2.13 bits per heavy atom. The molecule has 0 radical (unpaired) electrons. The molecule has 4 heterocycles. The zero-order chi connectivity index (χ0) is 37.8. The molecular weight excluding hydrogens is 704 g/mol. The number of rotatable bonds is 11. The van der Waals surface area contributed by atoms with Crippen LogP contribution in [-0.2, 0) is 22.5 Å². The molecule has 10 nitrogen and oxygen atoms in total. The maximum absolute atomic E-state index is 14.3. The first-order valence-corrected chi connectivity index (χ1v) is 18.1. The molecule has 11 heteroatoms. The Morgan fingerprint density at radius 1 is 0.796 bits per heavy atom. The van der Waals surface area contributed by atoms with Gasteiger partial charge in [0.05, 0.1) is 29.6 Å². The summed E-state index contributed by atoms with van der Waals surface area (Å²) in [5, 5.41) is 1.08. The number of pyridine rings is 2. The first-order chi connectivity index (χ1) is 26.2. The van der Waals surface area contributed by atoms with Crippen molar-refractivity contribution in [2.75, 3.05) is 13.2 Å². The molecule has 0 atom stereocenters. The van der Waals surface area contributed by atoms with Crippen molar-refractivity contribution in [3.8, 4) is 45.4 Å². The van der Waals surface area contributed by atoms with Crippen LogP contribution in [0, 0.1) is 0 Å². The van der Waals surface area contributed by atoms with Crippen molar-refractivity contribution in [2.45, 2.75) is 46.3 Å². The number of aromatic nitrogens is 4. The largest absolute Gasteiger partial charge is 0.494 e. The van der Waals surface area contributed by atoms with E-state index in [0.717, 1.165) is 33.6 Å². The van der Waals surface area contributed by atoms with Gasteiger partial charge in [0.25, 0.3) is 0 Å². The van der Waals surface area contributed by atoms with Crippen molar-refractivity contribution in [3.05, 3.63) is 132 Å². The molecule has 5 aromatic rings. The fraction of sp³-hybridized carbons (Fsp3) is 0.209. The molecule has 0 aliphatic carbocycles. The number of carbonyl (C=O) groups is 2. The molecule has 0 unspecified atom stereocenters. The van der Waals surface area contributed by atoms with E-state index < -0.39 is 17.8 Å². The van der Waals surface area contributed by atoms with Gasteiger partial charge in [-0.15, -0.1) is 0 Å². The molecule has 2 aromatic heterocycles. The van der Waals surface area contributed by atoms with E-state index in [1.54, 1.807) is 24.5 Å². The fourth-order valence-electron chi connectivity index (χ4n) is 6.48. The second-order valence-electron chi connectivity index (χ2n) is 13.2. The lowest BCUT2D eigenvalue weighted by atomic mass is 9.93. The van der Waals surface area contributed by atoms with Gasteiger partial charge in [-0.1, -0.05) is 41.9 Å². The summed E-state index contributed by atoms with van der Waals surface area (Å²) in [6.07, 6.45) is 2.26. The summed E-state index contributed by atoms with van der Waals surface area (Å²) in [5.41, 5.74) is 4.46. The molecule has 2 aliphatic heterocycles. The summed E-state index contributed by atoms with van der Waals surface area (Å²) in [4.78, 5) is 37.4. The predicted octanol–water partition coefficient (Wildman–Crippen LogP) is 10.3. The van der Waals surface area contributed by atoms with Gasteiger partial charge in [-0.2, -0.15) is 0 Å². The van der Waals surface area contributed by atoms with Gasteiger partial charge in [-0.25, -0.2) is 28.7 Å². The standard InChI is InChI=1S/C43H39ClN4O6/c1-5-51-31-18-14-29(15-19-31)37-25-34-36(44)22-23-45-39(34)48(37)42(50)54-43(3,4)26-35-33-13-10-24-47(41(49)53-27-28-11-8-7-9-12-28)40(33)46-38(35)30-16-20-32(21-17-30)52-6-2/h7-25H,5-6,26-27H2,1-4H3. The van der Waals surface area contributed by atoms with Crippen molar-refractivity contribution in [2.24, 2.45) is 0 Å². The SMILES string of the molecule is CCOc1ccc(-c2nc3n(C(=O)OCc4ccccc4)cccc-3c2CC(C)(C)OC(=O)n2c(-c3ccc(OCC)cc3)cc3c(Cl)ccnc32)cc1. The highest BCUT2D eigenvalue weighted by atomic mass is 35.5. The Morgan fingerprint density at radius 2 is 1.46 bits per heavy atom. The second kappa shape index (κ2) is 15.5. The van der Waals surface area contributed by atoms with Crippen LogP contribution in [0.2, 0.25) is 5.02 Å². The number of benzene rings is 3. The highest BCUT2D eigenvalue weighted by Gasteiger charge is 2.33. The van der Waals surface area contributed by atoms with Crippen molar-refractivity contribution >= 4 is 34.8 Å². The van der Waals surface area contributed by atoms with Crippen LogP contribution in [0.1, 0.15) is 38.8 Å². The summed E-state index contributed by atoms with van der Waals surface area (Å²) in [7, 11) is 0. The number of ether oxygens (including phenoxy) is 4. The van der Waals surface area contributed by atoms with Crippen LogP contribution in [0.3, 0.4) is 0 Å². The number of hydrogen-bond donors (Lipinski definition) is 0. The number of fused-ring (bicyclic) bond motifs is 2. The first kappa shape index (κ1) is 36.2. The minimum atomic E-state index is -1.07. The van der Waals surface area contributed by atoms with E-state index >= 15 is 0 Å². The molecule has 0 saturated heterocycles. The van der Waals surface area contributed by atoms with Gasteiger partial charge in [0.2, 0.25) is 0 Å². The molecule has 7 rings (SSSR count). The maximum atomic E-state index is 14.3. The topological polar surface area (TPSA) is 107 Å². The lowest BCUT2D eigenvalue weighted by Gasteiger charge is -2.26. The van der Waals surface area contributed by atoms with E-state index in [1.807, 2.05) is 119 Å². The van der Waals surface area contributed by atoms with Crippen LogP contribution in [0.4, 0.5) is 9.59 Å². The molecule has 0 spiro atoms. The van der Waals surface area contributed by atoms with Gasteiger partial charge in [0.15, 0.2) is 5.65 Å². The van der Waals surface area contributed by atoms with E-state index in [0.29, 0.717) is 52.2 Å². The van der Waals surface area contributed by atoms with Gasteiger partial charge in [-0.05, 0) is 117 Å². The van der Waals surface area contributed by atoms with Gasteiger partial charge in [-0.3, -0.25) is 0 Å². The Bertz CT molecular complexity index is 2380. The summed E-state index contributed by atoms with van der Waals surface area (Å²) < 4.78 is 26.2. The number of nitrogens with zero attached hydrogens (tertiary/aromatic N) is 4. The van der Waals surface area contributed by atoms with Crippen molar-refractivity contribution in [1.29, 1.82) is 0 Å². The smallest absolute Gasteiger partial charge is 0.420 e. The third kappa shape index (κ3) is 7.51. The van der Waals surface area contributed by atoms with E-state index in [2.05, 4.69) is 4.98 Å². The van der Waals surface area contributed by atoms with E-state index in [9.17, 15) is 9.59 Å². The maximum Gasteiger partial charge on any atom is 0.420 e. The van der Waals surface area contributed by atoms with E-state index in [1.165, 1.54) is 9.13 Å². The monoisotopic (exact) mass is 742 g/mol. The van der Waals surface area contributed by atoms with Crippen molar-refractivity contribution in [1.82, 2.24) is 19.1 Å². The molecule has 0 amide bonds. The number of hydrogen-bond acceptors (Lipinski definition) is 8. The average molecular weight is 743 g/mol. The third-order valence-corrected chi connectivity index (χ3v) is 9.23. The molecule has 3 aromatic carbocycles. The van der Waals surface area contributed by atoms with Crippen LogP contribution in [0.25, 0.3) is 44.9 Å². The quantitative estimate of drug-likeness (QED) is 0.129. The van der Waals surface area contributed by atoms with Gasteiger partial charge < -0.3 is 18.9 Å². The summed E-state index contributed by atoms with van der Waals surface area (Å²) in [6.45, 7) is 8.72. The van der Waals surface area contributed by atoms with Crippen LogP contribution in [-0.4, -0.2) is 50.1 Å².